The highest BCUT2D eigenvalue weighted by Gasteiger charge is 2.39. The summed E-state index contributed by atoms with van der Waals surface area (Å²) in [5, 5.41) is 3.39. The molecule has 26 heavy (non-hydrogen) atoms. The van der Waals surface area contributed by atoms with Crippen LogP contribution in [0.3, 0.4) is 0 Å². The van der Waals surface area contributed by atoms with Gasteiger partial charge >= 0.3 is 0 Å². The molecule has 0 bridgehead atoms. The number of aromatic nitrogens is 1. The Hall–Kier alpha value is -2.73. The molecule has 3 N–H and O–H groups in total. The normalized spacial score (nSPS) is 21.7. The van der Waals surface area contributed by atoms with Crippen molar-refractivity contribution in [1.82, 2.24) is 15.2 Å². The number of carbonyl (C=O) groups is 2. The van der Waals surface area contributed by atoms with Crippen molar-refractivity contribution in [3.63, 3.8) is 0 Å². The quantitative estimate of drug-likeness (QED) is 0.877. The maximum absolute atomic E-state index is 13.3. The van der Waals surface area contributed by atoms with Gasteiger partial charge in [-0.15, -0.1) is 0 Å². The summed E-state index contributed by atoms with van der Waals surface area (Å²) in [7, 11) is 0. The second kappa shape index (κ2) is 6.53. The van der Waals surface area contributed by atoms with Gasteiger partial charge in [-0.25, -0.2) is 0 Å². The molecule has 0 saturated carbocycles. The minimum Gasteiger partial charge on any atom is -0.366 e. The van der Waals surface area contributed by atoms with E-state index in [2.05, 4.69) is 10.3 Å². The number of nitrogens with one attached hydrogen (secondary N) is 1. The van der Waals surface area contributed by atoms with Crippen molar-refractivity contribution < 1.29 is 9.59 Å². The van der Waals surface area contributed by atoms with Crippen molar-refractivity contribution in [1.29, 1.82) is 0 Å². The zero-order valence-corrected chi connectivity index (χ0v) is 14.7. The minimum atomic E-state index is -0.525. The summed E-state index contributed by atoms with van der Waals surface area (Å²) in [6.45, 7) is 5.38. The first-order valence-electron chi connectivity index (χ1n) is 8.90. The molecule has 6 heteroatoms. The highest BCUT2D eigenvalue weighted by atomic mass is 16.2. The number of hydrogen-bond acceptors (Lipinski definition) is 4. The van der Waals surface area contributed by atoms with Crippen molar-refractivity contribution in [2.75, 3.05) is 26.2 Å². The zero-order valence-electron chi connectivity index (χ0n) is 14.7. The lowest BCUT2D eigenvalue weighted by Crippen LogP contribution is -2.32. The Labute approximate surface area is 152 Å². The van der Waals surface area contributed by atoms with E-state index in [1.165, 1.54) is 0 Å². The maximum atomic E-state index is 13.3. The second-order valence-corrected chi connectivity index (χ2v) is 7.21. The predicted octanol–water partition coefficient (Wildman–Crippen LogP) is 1.45. The Morgan fingerprint density at radius 2 is 1.85 bits per heavy atom. The monoisotopic (exact) mass is 350 g/mol. The van der Waals surface area contributed by atoms with Crippen LogP contribution in [0.25, 0.3) is 11.3 Å². The van der Waals surface area contributed by atoms with Crippen LogP contribution in [-0.2, 0) is 0 Å². The largest absolute Gasteiger partial charge is 0.366 e. The number of carbonyl (C=O) groups excluding carboxylic acids is 2. The van der Waals surface area contributed by atoms with Crippen LogP contribution in [0.2, 0.25) is 0 Å². The van der Waals surface area contributed by atoms with Crippen LogP contribution >= 0.6 is 0 Å². The van der Waals surface area contributed by atoms with Crippen LogP contribution < -0.4 is 11.1 Å². The molecule has 2 aliphatic rings. The number of amides is 2. The van der Waals surface area contributed by atoms with Crippen LogP contribution in [0.4, 0.5) is 0 Å². The summed E-state index contributed by atoms with van der Waals surface area (Å²) in [6, 6.07) is 8.89. The number of primary amides is 1. The molecule has 2 fully saturated rings. The topological polar surface area (TPSA) is 88.3 Å². The fraction of sp³-hybridized carbons (Fsp3) is 0.350. The summed E-state index contributed by atoms with van der Waals surface area (Å²) in [5.41, 5.74) is 8.46. The number of nitrogens with zero attached hydrogens (tertiary/aromatic N) is 2. The van der Waals surface area contributed by atoms with Crippen molar-refractivity contribution in [3.05, 3.63) is 53.2 Å². The molecule has 0 spiro atoms. The van der Waals surface area contributed by atoms with E-state index in [-0.39, 0.29) is 5.91 Å². The van der Waals surface area contributed by atoms with Crippen LogP contribution in [0.1, 0.15) is 26.3 Å². The lowest BCUT2D eigenvalue weighted by atomic mass is 9.98. The standard InChI is InChI=1S/C20H22N4O2/c1-12-6-17(20(26)24-10-13-8-22-9-14(13)11-24)18(23-7-12)15-4-2-3-5-16(15)19(21)25/h2-7,13-14,22H,8-11H2,1H3,(H2,21,25). The number of pyridine rings is 1. The lowest BCUT2D eigenvalue weighted by Gasteiger charge is -2.20. The Morgan fingerprint density at radius 1 is 1.15 bits per heavy atom. The summed E-state index contributed by atoms with van der Waals surface area (Å²) >= 11 is 0. The van der Waals surface area contributed by atoms with Gasteiger partial charge in [0, 0.05) is 43.5 Å². The maximum Gasteiger partial charge on any atom is 0.256 e. The Bertz CT molecular complexity index is 868. The van der Waals surface area contributed by atoms with Crippen LogP contribution in [0.5, 0.6) is 0 Å². The number of rotatable bonds is 3. The second-order valence-electron chi connectivity index (χ2n) is 7.21. The number of likely N-dealkylation sites (tertiary alicyclic amines) is 1. The lowest BCUT2D eigenvalue weighted by molar-refractivity contribution is 0.0781. The highest BCUT2D eigenvalue weighted by Crippen LogP contribution is 2.31. The molecule has 134 valence electrons. The van der Waals surface area contributed by atoms with Crippen LogP contribution in [-0.4, -0.2) is 47.9 Å². The number of nitrogens with two attached hydrogens (primary N) is 1. The first kappa shape index (κ1) is 16.7. The van der Waals surface area contributed by atoms with E-state index in [1.807, 2.05) is 24.0 Å². The Kier molecular flexibility index (Phi) is 4.20. The van der Waals surface area contributed by atoms with Gasteiger partial charge in [-0.2, -0.15) is 0 Å². The van der Waals surface area contributed by atoms with E-state index in [0.717, 1.165) is 31.7 Å². The van der Waals surface area contributed by atoms with Gasteiger partial charge < -0.3 is 16.0 Å². The molecule has 2 amide bonds. The van der Waals surface area contributed by atoms with Crippen molar-refractivity contribution >= 4 is 11.8 Å². The summed E-state index contributed by atoms with van der Waals surface area (Å²) in [6.07, 6.45) is 1.71. The molecule has 2 aromatic rings. The van der Waals surface area contributed by atoms with E-state index in [1.54, 1.807) is 24.4 Å². The van der Waals surface area contributed by atoms with Crippen molar-refractivity contribution in [2.45, 2.75) is 6.92 Å². The first-order chi connectivity index (χ1) is 12.5. The molecule has 1 aromatic heterocycles. The molecule has 2 aliphatic heterocycles. The summed E-state index contributed by atoms with van der Waals surface area (Å²) in [4.78, 5) is 31.5. The molecule has 6 nitrogen and oxygen atoms in total. The van der Waals surface area contributed by atoms with E-state index < -0.39 is 5.91 Å². The molecule has 3 heterocycles. The molecule has 1 aromatic carbocycles. The smallest absolute Gasteiger partial charge is 0.256 e. The van der Waals surface area contributed by atoms with Gasteiger partial charge in [0.15, 0.2) is 0 Å². The van der Waals surface area contributed by atoms with Gasteiger partial charge in [0.05, 0.1) is 11.3 Å². The molecular formula is C20H22N4O2. The van der Waals surface area contributed by atoms with Gasteiger partial charge in [0.1, 0.15) is 0 Å². The first-order valence-corrected chi connectivity index (χ1v) is 8.90. The van der Waals surface area contributed by atoms with Crippen molar-refractivity contribution in [2.24, 2.45) is 17.6 Å². The van der Waals surface area contributed by atoms with Crippen LogP contribution in [0, 0.1) is 18.8 Å². The van der Waals surface area contributed by atoms with Gasteiger partial charge in [-0.05, 0) is 36.5 Å². The number of fused-ring (bicyclic) bond motifs is 1. The van der Waals surface area contributed by atoms with E-state index >= 15 is 0 Å². The molecule has 4 rings (SSSR count). The average Bonchev–Trinajstić information content (AvgIpc) is 3.23. The van der Waals surface area contributed by atoms with Crippen molar-refractivity contribution in [3.8, 4) is 11.3 Å². The van der Waals surface area contributed by atoms with Gasteiger partial charge in [-0.1, -0.05) is 18.2 Å². The zero-order chi connectivity index (χ0) is 18.3. The fourth-order valence-electron chi connectivity index (χ4n) is 4.04. The summed E-state index contributed by atoms with van der Waals surface area (Å²) < 4.78 is 0. The predicted molar refractivity (Wildman–Crippen MR) is 98.7 cm³/mol. The minimum absolute atomic E-state index is 0.0233. The van der Waals surface area contributed by atoms with E-state index in [0.29, 0.717) is 34.2 Å². The van der Waals surface area contributed by atoms with Gasteiger partial charge in [0.25, 0.3) is 5.91 Å². The SMILES string of the molecule is Cc1cnc(-c2ccccc2C(N)=O)c(C(=O)N2CC3CNCC3C2)c1. The van der Waals surface area contributed by atoms with E-state index in [9.17, 15) is 9.59 Å². The number of benzene rings is 1. The molecule has 0 radical (unpaired) electrons. The number of aryl methyl sites for hydroxylation is 1. The molecule has 2 saturated heterocycles. The van der Waals surface area contributed by atoms with Gasteiger partial charge in [-0.3, -0.25) is 14.6 Å². The van der Waals surface area contributed by atoms with Crippen LogP contribution in [0.15, 0.2) is 36.5 Å². The van der Waals surface area contributed by atoms with E-state index in [4.69, 9.17) is 5.73 Å². The molecule has 0 aliphatic carbocycles. The fourth-order valence-corrected chi connectivity index (χ4v) is 4.04. The molecular weight excluding hydrogens is 328 g/mol. The summed E-state index contributed by atoms with van der Waals surface area (Å²) in [5.74, 6) is 0.504. The average molecular weight is 350 g/mol. The molecule has 2 atom stereocenters. The highest BCUT2D eigenvalue weighted by molar-refractivity contribution is 6.05. The third-order valence-electron chi connectivity index (χ3n) is 5.38. The molecule has 2 unspecified atom stereocenters. The third kappa shape index (κ3) is 2.86. The Balaban J connectivity index is 1.74. The number of hydrogen-bond donors (Lipinski definition) is 2. The third-order valence-corrected chi connectivity index (χ3v) is 5.38. The van der Waals surface area contributed by atoms with Gasteiger partial charge in [0.2, 0.25) is 5.91 Å². The Morgan fingerprint density at radius 3 is 2.54 bits per heavy atom.